The van der Waals surface area contributed by atoms with E-state index in [2.05, 4.69) is 65.1 Å². The van der Waals surface area contributed by atoms with E-state index >= 15 is 0 Å². The van der Waals surface area contributed by atoms with Crippen LogP contribution in [0.5, 0.6) is 0 Å². The highest BCUT2D eigenvalue weighted by atomic mass is 32.1. The lowest BCUT2D eigenvalue weighted by Gasteiger charge is -2.08. The molecule has 0 aliphatic rings. The number of hydrogen-bond acceptors (Lipinski definition) is 3. The number of rotatable bonds is 0. The van der Waals surface area contributed by atoms with E-state index in [0.29, 0.717) is 0 Å². The minimum Gasteiger partial charge on any atom is -0.290 e. The number of benzene rings is 3. The summed E-state index contributed by atoms with van der Waals surface area (Å²) in [7, 11) is 0. The first-order valence-corrected chi connectivity index (χ1v) is 10.1. The summed E-state index contributed by atoms with van der Waals surface area (Å²) in [6.07, 6.45) is 1.88. The monoisotopic (exact) mass is 375 g/mol. The highest BCUT2D eigenvalue weighted by Crippen LogP contribution is 2.39. The number of hydrogen-bond donors (Lipinski definition) is 0. The molecule has 0 aliphatic carbocycles. The second-order valence-corrected chi connectivity index (χ2v) is 8.21. The third-order valence-corrected chi connectivity index (χ3v) is 6.73. The van der Waals surface area contributed by atoms with Crippen molar-refractivity contribution in [3.05, 3.63) is 79.0 Å². The number of imidazole rings is 1. The molecule has 7 aromatic rings. The average molecular weight is 375 g/mol. The molecule has 0 saturated heterocycles. The second kappa shape index (κ2) is 5.06. The Morgan fingerprint density at radius 3 is 2.54 bits per heavy atom. The summed E-state index contributed by atoms with van der Waals surface area (Å²) in [6.45, 7) is 0. The molecule has 0 bridgehead atoms. The van der Waals surface area contributed by atoms with E-state index < -0.39 is 0 Å². The summed E-state index contributed by atoms with van der Waals surface area (Å²) in [5.74, 6) is 0. The van der Waals surface area contributed by atoms with Crippen LogP contribution in [-0.4, -0.2) is 14.4 Å². The standard InChI is InChI=1S/C24H13N3S/c1-4-10-21-14(6-1)15-12-16-17(13-22(15)28-21)24-26-18-7-2-3-8-19(18)27(24)20-9-5-11-25-23(16)20/h1-13H. The highest BCUT2D eigenvalue weighted by molar-refractivity contribution is 7.25. The van der Waals surface area contributed by atoms with Crippen molar-refractivity contribution in [2.45, 2.75) is 0 Å². The van der Waals surface area contributed by atoms with E-state index in [1.54, 1.807) is 0 Å². The molecule has 0 aliphatic heterocycles. The first-order valence-electron chi connectivity index (χ1n) is 9.27. The maximum absolute atomic E-state index is 4.99. The van der Waals surface area contributed by atoms with Crippen LogP contribution in [0.15, 0.2) is 79.0 Å². The van der Waals surface area contributed by atoms with E-state index in [4.69, 9.17) is 9.97 Å². The van der Waals surface area contributed by atoms with Crippen LogP contribution >= 0.6 is 11.3 Å². The predicted octanol–water partition coefficient (Wildman–Crippen LogP) is 6.56. The SMILES string of the molecule is c1ccc2c(c1)nc1c3cc4sc5ccccc5c4cc3c3ncccc3n21. The van der Waals surface area contributed by atoms with Crippen LogP contribution < -0.4 is 0 Å². The van der Waals surface area contributed by atoms with Crippen LogP contribution in [0.3, 0.4) is 0 Å². The molecular formula is C24H13N3S. The second-order valence-electron chi connectivity index (χ2n) is 7.12. The summed E-state index contributed by atoms with van der Waals surface area (Å²) in [6, 6.07) is 25.7. The molecule has 0 amide bonds. The molecule has 4 aromatic heterocycles. The van der Waals surface area contributed by atoms with Crippen molar-refractivity contribution in [3.8, 4) is 0 Å². The Morgan fingerprint density at radius 2 is 1.54 bits per heavy atom. The minimum atomic E-state index is 0.996. The van der Waals surface area contributed by atoms with Gasteiger partial charge in [-0.2, -0.15) is 0 Å². The largest absolute Gasteiger partial charge is 0.290 e. The number of pyridine rings is 2. The van der Waals surface area contributed by atoms with Gasteiger partial charge in [0.05, 0.1) is 22.1 Å². The molecule has 0 radical (unpaired) electrons. The quantitative estimate of drug-likeness (QED) is 0.281. The zero-order valence-electron chi connectivity index (χ0n) is 14.8. The van der Waals surface area contributed by atoms with Crippen LogP contribution in [0.1, 0.15) is 0 Å². The minimum absolute atomic E-state index is 0.996. The van der Waals surface area contributed by atoms with Crippen LogP contribution in [0, 0.1) is 0 Å². The fourth-order valence-electron chi connectivity index (χ4n) is 4.39. The number of fused-ring (bicyclic) bond motifs is 11. The lowest BCUT2D eigenvalue weighted by atomic mass is 10.1. The van der Waals surface area contributed by atoms with Crippen molar-refractivity contribution >= 4 is 70.0 Å². The molecule has 4 heterocycles. The summed E-state index contributed by atoms with van der Waals surface area (Å²) in [5, 5.41) is 4.92. The van der Waals surface area contributed by atoms with Gasteiger partial charge in [0.25, 0.3) is 0 Å². The van der Waals surface area contributed by atoms with Crippen molar-refractivity contribution in [2.24, 2.45) is 0 Å². The Balaban J connectivity index is 1.83. The summed E-state index contributed by atoms with van der Waals surface area (Å²) < 4.78 is 4.85. The van der Waals surface area contributed by atoms with Gasteiger partial charge in [0.2, 0.25) is 0 Å². The molecule has 130 valence electrons. The van der Waals surface area contributed by atoms with Crippen molar-refractivity contribution in [1.82, 2.24) is 14.4 Å². The van der Waals surface area contributed by atoms with Crippen LogP contribution in [0.2, 0.25) is 0 Å². The molecule has 0 saturated carbocycles. The van der Waals surface area contributed by atoms with Gasteiger partial charge in [-0.3, -0.25) is 9.38 Å². The number of thiophene rings is 1. The topological polar surface area (TPSA) is 30.2 Å². The van der Waals surface area contributed by atoms with E-state index in [1.165, 1.54) is 20.2 Å². The Hall–Kier alpha value is -3.50. The van der Waals surface area contributed by atoms with Crippen molar-refractivity contribution < 1.29 is 0 Å². The molecule has 0 atom stereocenters. The van der Waals surface area contributed by atoms with Gasteiger partial charge in [0.15, 0.2) is 0 Å². The molecule has 3 aromatic carbocycles. The van der Waals surface area contributed by atoms with Gasteiger partial charge in [0.1, 0.15) is 5.65 Å². The fraction of sp³-hybridized carbons (Fsp3) is 0. The zero-order chi connectivity index (χ0) is 18.2. The molecule has 4 heteroatoms. The smallest absolute Gasteiger partial charge is 0.146 e. The molecule has 7 rings (SSSR count). The molecule has 0 fully saturated rings. The highest BCUT2D eigenvalue weighted by Gasteiger charge is 2.16. The van der Waals surface area contributed by atoms with E-state index in [0.717, 1.165) is 38.5 Å². The lowest BCUT2D eigenvalue weighted by molar-refractivity contribution is 1.29. The molecule has 0 N–H and O–H groups in total. The Kier molecular flexibility index (Phi) is 2.63. The van der Waals surface area contributed by atoms with E-state index in [-0.39, 0.29) is 0 Å². The van der Waals surface area contributed by atoms with Gasteiger partial charge < -0.3 is 0 Å². The molecule has 3 nitrogen and oxygen atoms in total. The third kappa shape index (κ3) is 1.73. The fourth-order valence-corrected chi connectivity index (χ4v) is 5.51. The molecular weight excluding hydrogens is 362 g/mol. The van der Waals surface area contributed by atoms with Crippen LogP contribution in [0.25, 0.3) is 58.7 Å². The summed E-state index contributed by atoms with van der Waals surface area (Å²) in [4.78, 5) is 9.77. The summed E-state index contributed by atoms with van der Waals surface area (Å²) in [5.41, 5.74) is 5.24. The van der Waals surface area contributed by atoms with Gasteiger partial charge >= 0.3 is 0 Å². The molecule has 0 spiro atoms. The van der Waals surface area contributed by atoms with Gasteiger partial charge in [-0.05, 0) is 42.5 Å². The van der Waals surface area contributed by atoms with Gasteiger partial charge in [0, 0.05) is 37.1 Å². The van der Waals surface area contributed by atoms with E-state index in [9.17, 15) is 0 Å². The Morgan fingerprint density at radius 1 is 0.679 bits per heavy atom. The first kappa shape index (κ1) is 14.5. The number of nitrogens with zero attached hydrogens (tertiary/aromatic N) is 3. The lowest BCUT2D eigenvalue weighted by Crippen LogP contribution is -1.93. The first-order chi connectivity index (χ1) is 13.9. The van der Waals surface area contributed by atoms with Crippen molar-refractivity contribution in [1.29, 1.82) is 0 Å². The van der Waals surface area contributed by atoms with E-state index in [1.807, 2.05) is 29.7 Å². The average Bonchev–Trinajstić information content (AvgIpc) is 3.31. The Bertz CT molecular complexity index is 1720. The molecule has 0 unspecified atom stereocenters. The van der Waals surface area contributed by atoms with Crippen LogP contribution in [-0.2, 0) is 0 Å². The van der Waals surface area contributed by atoms with Crippen molar-refractivity contribution in [3.63, 3.8) is 0 Å². The van der Waals surface area contributed by atoms with Crippen molar-refractivity contribution in [2.75, 3.05) is 0 Å². The van der Waals surface area contributed by atoms with Gasteiger partial charge in [-0.25, -0.2) is 4.98 Å². The van der Waals surface area contributed by atoms with Gasteiger partial charge in [-0.1, -0.05) is 30.3 Å². The summed E-state index contributed by atoms with van der Waals surface area (Å²) >= 11 is 1.84. The maximum Gasteiger partial charge on any atom is 0.146 e. The zero-order valence-corrected chi connectivity index (χ0v) is 15.6. The van der Waals surface area contributed by atoms with Gasteiger partial charge in [-0.15, -0.1) is 11.3 Å². The van der Waals surface area contributed by atoms with Crippen LogP contribution in [0.4, 0.5) is 0 Å². The molecule has 28 heavy (non-hydrogen) atoms. The number of para-hydroxylation sites is 2. The normalized spacial score (nSPS) is 12.3. The Labute approximate surface area is 163 Å². The predicted molar refractivity (Wildman–Crippen MR) is 118 cm³/mol. The number of aromatic nitrogens is 3. The third-order valence-electron chi connectivity index (χ3n) is 5.60. The maximum atomic E-state index is 4.99.